The summed E-state index contributed by atoms with van der Waals surface area (Å²) < 4.78 is 130. The minimum Gasteiger partial charge on any atom is -0.388 e. The number of alkyl halides is 8. The Kier molecular flexibility index (Phi) is 8.15. The van der Waals surface area contributed by atoms with Crippen LogP contribution in [0.5, 0.6) is 0 Å². The minimum absolute atomic E-state index is 0.118. The summed E-state index contributed by atoms with van der Waals surface area (Å²) in [6.07, 6.45) is -15.8. The number of hydrogen-bond acceptors (Lipinski definition) is 10. The molecule has 3 rings (SSSR count). The molecule has 20 heteroatoms. The van der Waals surface area contributed by atoms with E-state index in [0.717, 1.165) is 0 Å². The number of sulfonamides is 1. The van der Waals surface area contributed by atoms with E-state index in [0.29, 0.717) is 37.2 Å². The Morgan fingerprint density at radius 3 is 2.42 bits per heavy atom. The fourth-order valence-electron chi connectivity index (χ4n) is 3.26. The van der Waals surface area contributed by atoms with Crippen LogP contribution in [-0.4, -0.2) is 61.9 Å². The van der Waals surface area contributed by atoms with E-state index in [-0.39, 0.29) is 22.7 Å². The van der Waals surface area contributed by atoms with E-state index in [1.165, 1.54) is 12.1 Å². The van der Waals surface area contributed by atoms with Crippen LogP contribution in [0.25, 0.3) is 0 Å². The summed E-state index contributed by atoms with van der Waals surface area (Å²) in [4.78, 5) is 13.5. The van der Waals surface area contributed by atoms with Crippen LogP contribution in [0.3, 0.4) is 0 Å². The smallest absolute Gasteiger partial charge is 0.388 e. The van der Waals surface area contributed by atoms with Crippen molar-refractivity contribution in [3.63, 3.8) is 0 Å². The molecular weight excluding hydrogens is 580 g/mol. The number of benzene rings is 1. The van der Waals surface area contributed by atoms with Crippen LogP contribution in [0.4, 0.5) is 57.3 Å². The number of fused-ring (bicyclic) bond motifs is 1. The zero-order valence-electron chi connectivity index (χ0n) is 18.9. The zero-order chi connectivity index (χ0) is 28.5. The van der Waals surface area contributed by atoms with Gasteiger partial charge in [0.15, 0.2) is 5.75 Å². The fourth-order valence-corrected chi connectivity index (χ4v) is 4.81. The molecule has 0 radical (unpaired) electrons. The molecule has 0 atom stereocenters. The van der Waals surface area contributed by atoms with Crippen LogP contribution in [0.15, 0.2) is 22.4 Å². The lowest BCUT2D eigenvalue weighted by molar-refractivity contribution is -0.370. The average Bonchev–Trinajstić information content (AvgIpc) is 3.23. The molecule has 2 heterocycles. The Labute approximate surface area is 212 Å². The van der Waals surface area contributed by atoms with Crippen molar-refractivity contribution in [2.24, 2.45) is 10.2 Å². The van der Waals surface area contributed by atoms with Crippen molar-refractivity contribution in [2.75, 3.05) is 28.5 Å². The van der Waals surface area contributed by atoms with Gasteiger partial charge in [0, 0.05) is 18.8 Å². The molecule has 1 aromatic carbocycles. The SMILES string of the molecule is CCN1CCCc2cc(N=Nc3nnc(C(=O)OC(F)(F)C(F)(F)F)s3)c(NS(=O)(=O)CC(F)(F)F)cc21. The summed E-state index contributed by atoms with van der Waals surface area (Å²) in [5.74, 6) is -4.34. The van der Waals surface area contributed by atoms with E-state index in [2.05, 4.69) is 25.2 Å². The van der Waals surface area contributed by atoms with Gasteiger partial charge in [0.2, 0.25) is 15.0 Å². The number of nitrogens with zero attached hydrogens (tertiary/aromatic N) is 5. The molecule has 1 N–H and O–H groups in total. The number of aromatic nitrogens is 2. The van der Waals surface area contributed by atoms with Gasteiger partial charge >= 0.3 is 24.4 Å². The van der Waals surface area contributed by atoms with Crippen LogP contribution in [-0.2, 0) is 21.2 Å². The van der Waals surface area contributed by atoms with Gasteiger partial charge in [-0.1, -0.05) is 11.3 Å². The minimum atomic E-state index is -6.18. The number of ether oxygens (including phenoxy) is 1. The summed E-state index contributed by atoms with van der Waals surface area (Å²) in [5, 5.41) is 12.1. The Balaban J connectivity index is 1.92. The first-order valence-corrected chi connectivity index (χ1v) is 12.8. The van der Waals surface area contributed by atoms with Crippen molar-refractivity contribution in [3.8, 4) is 0 Å². The van der Waals surface area contributed by atoms with Crippen molar-refractivity contribution in [1.82, 2.24) is 10.2 Å². The van der Waals surface area contributed by atoms with E-state index >= 15 is 0 Å². The summed E-state index contributed by atoms with van der Waals surface area (Å²) in [7, 11) is -4.93. The lowest BCUT2D eigenvalue weighted by Crippen LogP contribution is -2.40. The van der Waals surface area contributed by atoms with Gasteiger partial charge < -0.3 is 9.64 Å². The summed E-state index contributed by atoms with van der Waals surface area (Å²) in [6.45, 7) is 2.94. The second-order valence-electron chi connectivity index (χ2n) is 7.65. The van der Waals surface area contributed by atoms with Crippen molar-refractivity contribution in [1.29, 1.82) is 0 Å². The average molecular weight is 596 g/mol. The lowest BCUT2D eigenvalue weighted by Gasteiger charge is -2.31. The molecule has 2 aromatic rings. The topological polar surface area (TPSA) is 126 Å². The maximum absolute atomic E-state index is 12.9. The van der Waals surface area contributed by atoms with E-state index in [9.17, 15) is 48.3 Å². The Bertz CT molecular complexity index is 1330. The zero-order valence-corrected chi connectivity index (χ0v) is 20.5. The Morgan fingerprint density at radius 2 is 1.82 bits per heavy atom. The fraction of sp³-hybridized carbons (Fsp3) is 0.500. The largest absolute Gasteiger partial charge is 0.501 e. The molecule has 0 saturated heterocycles. The highest BCUT2D eigenvalue weighted by Gasteiger charge is 2.62. The molecule has 0 spiro atoms. The van der Waals surface area contributed by atoms with Crippen LogP contribution in [0.2, 0.25) is 0 Å². The van der Waals surface area contributed by atoms with Crippen molar-refractivity contribution in [2.45, 2.75) is 38.2 Å². The standard InChI is InChI=1S/C18H16F8N6O4S2/c1-2-32-5-3-4-9-6-10(11(7-12(9)32)31-38(34,35)8-16(19,20)21)27-29-15-30-28-13(37-15)14(33)36-18(25,26)17(22,23)24/h6-7,31H,2-5,8H2,1H3. The number of anilines is 2. The molecule has 1 aromatic heterocycles. The molecule has 1 aliphatic rings. The number of esters is 1. The normalized spacial score (nSPS) is 15.0. The third-order valence-electron chi connectivity index (χ3n) is 4.80. The quantitative estimate of drug-likeness (QED) is 0.248. The predicted octanol–water partition coefficient (Wildman–Crippen LogP) is 5.34. The van der Waals surface area contributed by atoms with Gasteiger partial charge in [0.1, 0.15) is 5.69 Å². The van der Waals surface area contributed by atoms with Crippen molar-refractivity contribution >= 4 is 49.5 Å². The molecule has 210 valence electrons. The number of nitrogens with one attached hydrogen (secondary N) is 1. The molecule has 0 fully saturated rings. The number of azo groups is 1. The molecule has 0 saturated carbocycles. The second-order valence-corrected chi connectivity index (χ2v) is 10.3. The highest BCUT2D eigenvalue weighted by Crippen LogP contribution is 2.39. The first-order chi connectivity index (χ1) is 17.4. The number of halogens is 8. The van der Waals surface area contributed by atoms with Gasteiger partial charge in [0.05, 0.1) is 5.69 Å². The lowest BCUT2D eigenvalue weighted by atomic mass is 10.0. The molecule has 0 amide bonds. The van der Waals surface area contributed by atoms with Gasteiger partial charge in [-0.05, 0) is 37.5 Å². The van der Waals surface area contributed by atoms with Crippen LogP contribution in [0, 0.1) is 0 Å². The molecule has 0 aliphatic carbocycles. The molecule has 38 heavy (non-hydrogen) atoms. The van der Waals surface area contributed by atoms with Crippen molar-refractivity contribution < 1.29 is 53.1 Å². The molecule has 0 unspecified atom stereocenters. The summed E-state index contributed by atoms with van der Waals surface area (Å²) in [5.41, 5.74) is 0.595. The molecule has 10 nitrogen and oxygen atoms in total. The number of carbonyl (C=O) groups excluding carboxylic acids is 1. The maximum atomic E-state index is 12.9. The molecule has 0 bridgehead atoms. The highest BCUT2D eigenvalue weighted by atomic mass is 32.2. The van der Waals surface area contributed by atoms with Crippen molar-refractivity contribution in [3.05, 3.63) is 22.7 Å². The molecular formula is C18H16F8N6O4S2. The second kappa shape index (κ2) is 10.5. The van der Waals surface area contributed by atoms with Gasteiger partial charge in [-0.25, -0.2) is 13.2 Å². The maximum Gasteiger partial charge on any atom is 0.501 e. The van der Waals surface area contributed by atoms with Gasteiger partial charge in [-0.3, -0.25) is 4.72 Å². The van der Waals surface area contributed by atoms with Gasteiger partial charge in [-0.15, -0.1) is 20.4 Å². The van der Waals surface area contributed by atoms with Gasteiger partial charge in [0.25, 0.3) is 5.13 Å². The van der Waals surface area contributed by atoms with Crippen LogP contribution in [0.1, 0.15) is 28.7 Å². The summed E-state index contributed by atoms with van der Waals surface area (Å²) in [6, 6.07) is 2.65. The monoisotopic (exact) mass is 596 g/mol. The number of rotatable bonds is 8. The first-order valence-electron chi connectivity index (χ1n) is 10.3. The highest BCUT2D eigenvalue weighted by molar-refractivity contribution is 7.92. The summed E-state index contributed by atoms with van der Waals surface area (Å²) >= 11 is 0.118. The molecule has 1 aliphatic heterocycles. The third-order valence-corrected chi connectivity index (χ3v) is 6.82. The predicted molar refractivity (Wildman–Crippen MR) is 117 cm³/mol. The number of carbonyl (C=O) groups is 1. The Morgan fingerprint density at radius 1 is 1.13 bits per heavy atom. The number of aryl methyl sites for hydroxylation is 1. The van der Waals surface area contributed by atoms with E-state index < -0.39 is 50.3 Å². The van der Waals surface area contributed by atoms with E-state index in [4.69, 9.17) is 0 Å². The van der Waals surface area contributed by atoms with Crippen LogP contribution < -0.4 is 9.62 Å². The first kappa shape index (κ1) is 29.4. The number of hydrogen-bond donors (Lipinski definition) is 1. The van der Waals surface area contributed by atoms with E-state index in [1.807, 2.05) is 16.5 Å². The van der Waals surface area contributed by atoms with E-state index in [1.54, 1.807) is 0 Å². The third kappa shape index (κ3) is 7.23. The van der Waals surface area contributed by atoms with Gasteiger partial charge in [-0.2, -0.15) is 35.1 Å². The van der Waals surface area contributed by atoms with Crippen LogP contribution >= 0.6 is 11.3 Å². The Hall–Kier alpha value is -3.16.